The van der Waals surface area contributed by atoms with Gasteiger partial charge in [-0.15, -0.1) is 0 Å². The quantitative estimate of drug-likeness (QED) is 0.756. The third kappa shape index (κ3) is 2.13. The van der Waals surface area contributed by atoms with Gasteiger partial charge in [0.1, 0.15) is 12.4 Å². The molecule has 110 valence electrons. The highest BCUT2D eigenvalue weighted by atomic mass is 16.7. The molecule has 0 radical (unpaired) electrons. The number of rotatable bonds is 1. The van der Waals surface area contributed by atoms with E-state index in [-0.39, 0.29) is 19.2 Å². The number of fused-ring (bicyclic) bond motifs is 2. The fourth-order valence-corrected chi connectivity index (χ4v) is 2.59. The van der Waals surface area contributed by atoms with Crippen LogP contribution in [-0.4, -0.2) is 19.2 Å². The summed E-state index contributed by atoms with van der Waals surface area (Å²) in [5.74, 6) is 1.74. The third-order valence-electron chi connectivity index (χ3n) is 3.81. The van der Waals surface area contributed by atoms with Crippen molar-refractivity contribution in [3.63, 3.8) is 0 Å². The Kier molecular flexibility index (Phi) is 2.89. The number of hydrogen-bond acceptors (Lipinski definition) is 4. The molecule has 2 aliphatic heterocycles. The molecule has 0 saturated heterocycles. The van der Waals surface area contributed by atoms with Crippen LogP contribution in [0.4, 0.5) is 0 Å². The van der Waals surface area contributed by atoms with Gasteiger partial charge in [-0.1, -0.05) is 29.8 Å². The van der Waals surface area contributed by atoms with E-state index in [9.17, 15) is 4.79 Å². The highest BCUT2D eigenvalue weighted by Crippen LogP contribution is 2.40. The van der Waals surface area contributed by atoms with E-state index in [1.54, 1.807) is 12.1 Å². The van der Waals surface area contributed by atoms with Gasteiger partial charge in [0.05, 0.1) is 5.56 Å². The van der Waals surface area contributed by atoms with Gasteiger partial charge in [0.15, 0.2) is 17.3 Å². The van der Waals surface area contributed by atoms with Gasteiger partial charge < -0.3 is 14.2 Å². The lowest BCUT2D eigenvalue weighted by Crippen LogP contribution is -2.19. The highest BCUT2D eigenvalue weighted by Gasteiger charge is 2.27. The van der Waals surface area contributed by atoms with Crippen LogP contribution in [0.25, 0.3) is 6.08 Å². The first-order chi connectivity index (χ1) is 10.7. The molecule has 4 heteroatoms. The second-order valence-corrected chi connectivity index (χ2v) is 5.40. The number of hydrogen-bond donors (Lipinski definition) is 0. The monoisotopic (exact) mass is 294 g/mol. The summed E-state index contributed by atoms with van der Waals surface area (Å²) in [6.07, 6.45) is 1.87. The van der Waals surface area contributed by atoms with Crippen molar-refractivity contribution in [1.29, 1.82) is 0 Å². The number of benzene rings is 2. The van der Waals surface area contributed by atoms with Gasteiger partial charge >= 0.3 is 0 Å². The minimum absolute atomic E-state index is 0.0277. The Morgan fingerprint density at radius 3 is 2.45 bits per heavy atom. The molecule has 2 aromatic carbocycles. The summed E-state index contributed by atoms with van der Waals surface area (Å²) in [5.41, 5.74) is 3.33. The van der Waals surface area contributed by atoms with E-state index in [0.717, 1.165) is 5.56 Å². The topological polar surface area (TPSA) is 44.8 Å². The molecule has 0 aromatic heterocycles. The largest absolute Gasteiger partial charge is 0.488 e. The van der Waals surface area contributed by atoms with E-state index in [2.05, 4.69) is 0 Å². The van der Waals surface area contributed by atoms with Crippen molar-refractivity contribution in [2.75, 3.05) is 13.4 Å². The van der Waals surface area contributed by atoms with Crippen LogP contribution in [0.2, 0.25) is 0 Å². The second-order valence-electron chi connectivity index (χ2n) is 5.40. The molecule has 0 atom stereocenters. The first kappa shape index (κ1) is 13.0. The summed E-state index contributed by atoms with van der Waals surface area (Å²) >= 11 is 0. The van der Waals surface area contributed by atoms with E-state index in [1.165, 1.54) is 5.56 Å². The van der Waals surface area contributed by atoms with Crippen molar-refractivity contribution in [2.24, 2.45) is 0 Å². The molecule has 0 unspecified atom stereocenters. The zero-order valence-corrected chi connectivity index (χ0v) is 12.1. The number of carbonyl (C=O) groups is 1. The molecule has 2 aliphatic rings. The van der Waals surface area contributed by atoms with Gasteiger partial charge in [-0.05, 0) is 24.6 Å². The van der Waals surface area contributed by atoms with Crippen LogP contribution in [0, 0.1) is 6.92 Å². The molecule has 0 bridgehead atoms. The molecule has 2 aromatic rings. The fourth-order valence-electron chi connectivity index (χ4n) is 2.59. The average Bonchev–Trinajstić information content (AvgIpc) is 2.98. The van der Waals surface area contributed by atoms with Gasteiger partial charge in [-0.2, -0.15) is 0 Å². The lowest BCUT2D eigenvalue weighted by Gasteiger charge is -2.19. The molecule has 0 N–H and O–H groups in total. The van der Waals surface area contributed by atoms with Gasteiger partial charge in [0, 0.05) is 11.6 Å². The zero-order valence-electron chi connectivity index (χ0n) is 12.1. The van der Waals surface area contributed by atoms with Crippen molar-refractivity contribution >= 4 is 11.9 Å². The van der Waals surface area contributed by atoms with Crippen LogP contribution in [0.1, 0.15) is 21.5 Å². The Morgan fingerprint density at radius 2 is 1.68 bits per heavy atom. The molecule has 4 nitrogen and oxygen atoms in total. The van der Waals surface area contributed by atoms with Crippen molar-refractivity contribution in [2.45, 2.75) is 6.92 Å². The second kappa shape index (κ2) is 4.91. The van der Waals surface area contributed by atoms with Gasteiger partial charge in [-0.25, -0.2) is 0 Å². The number of aryl methyl sites for hydroxylation is 1. The van der Waals surface area contributed by atoms with Crippen LogP contribution in [0.3, 0.4) is 0 Å². The van der Waals surface area contributed by atoms with Crippen LogP contribution < -0.4 is 14.2 Å². The maximum atomic E-state index is 12.6. The Balaban J connectivity index is 1.71. The fraction of sp³-hybridized carbons (Fsp3) is 0.167. The molecule has 0 aliphatic carbocycles. The SMILES string of the molecule is Cc1ccc(/C=C2\COc3cc4c(cc3C2=O)OCO4)cc1. The molecule has 0 amide bonds. The standard InChI is InChI=1S/C18H14O4/c1-11-2-4-12(5-3-11)6-13-9-20-15-8-17-16(21-10-22-17)7-14(15)18(13)19/h2-8H,9-10H2,1H3/b13-6+. The van der Waals surface area contributed by atoms with E-state index < -0.39 is 0 Å². The maximum Gasteiger partial charge on any atom is 0.231 e. The zero-order chi connectivity index (χ0) is 15.1. The Hall–Kier alpha value is -2.75. The number of ether oxygens (including phenoxy) is 3. The van der Waals surface area contributed by atoms with Crippen molar-refractivity contribution in [1.82, 2.24) is 0 Å². The van der Waals surface area contributed by atoms with Crippen molar-refractivity contribution in [3.8, 4) is 17.2 Å². The molecule has 0 saturated carbocycles. The molecule has 0 fully saturated rings. The minimum atomic E-state index is -0.0277. The smallest absolute Gasteiger partial charge is 0.231 e. The highest BCUT2D eigenvalue weighted by molar-refractivity contribution is 6.14. The summed E-state index contributed by atoms with van der Waals surface area (Å²) in [5, 5.41) is 0. The van der Waals surface area contributed by atoms with Crippen LogP contribution in [0.15, 0.2) is 42.0 Å². The molecule has 4 rings (SSSR count). The molecular formula is C18H14O4. The average molecular weight is 294 g/mol. The summed E-state index contributed by atoms with van der Waals surface area (Å²) in [6.45, 7) is 2.47. The minimum Gasteiger partial charge on any atom is -0.488 e. The summed E-state index contributed by atoms with van der Waals surface area (Å²) in [4.78, 5) is 12.6. The number of Topliss-reactive ketones (excluding diaryl/α,β-unsaturated/α-hetero) is 1. The summed E-state index contributed by atoms with van der Waals surface area (Å²) in [7, 11) is 0. The van der Waals surface area contributed by atoms with Crippen LogP contribution in [-0.2, 0) is 0 Å². The predicted octanol–water partition coefficient (Wildman–Crippen LogP) is 3.38. The first-order valence-electron chi connectivity index (χ1n) is 7.09. The van der Waals surface area contributed by atoms with Crippen molar-refractivity contribution in [3.05, 3.63) is 58.7 Å². The van der Waals surface area contributed by atoms with Crippen LogP contribution in [0.5, 0.6) is 17.2 Å². The summed E-state index contributed by atoms with van der Waals surface area (Å²) < 4.78 is 16.3. The third-order valence-corrected chi connectivity index (χ3v) is 3.81. The van der Waals surface area contributed by atoms with Gasteiger partial charge in [0.2, 0.25) is 6.79 Å². The first-order valence-corrected chi connectivity index (χ1v) is 7.09. The van der Waals surface area contributed by atoms with Crippen molar-refractivity contribution < 1.29 is 19.0 Å². The molecule has 22 heavy (non-hydrogen) atoms. The Labute approximate surface area is 127 Å². The number of carbonyl (C=O) groups excluding carboxylic acids is 1. The Bertz CT molecular complexity index is 787. The summed E-state index contributed by atoms with van der Waals surface area (Å²) in [6, 6.07) is 11.4. The van der Waals surface area contributed by atoms with E-state index in [0.29, 0.717) is 28.4 Å². The Morgan fingerprint density at radius 1 is 0.955 bits per heavy atom. The number of ketones is 1. The lowest BCUT2D eigenvalue weighted by atomic mass is 9.97. The lowest BCUT2D eigenvalue weighted by molar-refractivity contribution is 0.100. The molecule has 2 heterocycles. The van der Waals surface area contributed by atoms with E-state index in [4.69, 9.17) is 14.2 Å². The predicted molar refractivity (Wildman–Crippen MR) is 81.5 cm³/mol. The molecular weight excluding hydrogens is 280 g/mol. The maximum absolute atomic E-state index is 12.6. The van der Waals surface area contributed by atoms with Gasteiger partial charge in [0.25, 0.3) is 0 Å². The molecule has 0 spiro atoms. The van der Waals surface area contributed by atoms with E-state index in [1.807, 2.05) is 37.3 Å². The normalized spacial score (nSPS) is 17.3. The van der Waals surface area contributed by atoms with E-state index >= 15 is 0 Å². The van der Waals surface area contributed by atoms with Gasteiger partial charge in [-0.3, -0.25) is 4.79 Å². The van der Waals surface area contributed by atoms with Crippen LogP contribution >= 0.6 is 0 Å².